The molecule has 2 amide bonds. The highest BCUT2D eigenvalue weighted by atomic mass is 35.5. The number of nitrogens with one attached hydrogen (secondary N) is 3. The van der Waals surface area contributed by atoms with E-state index in [4.69, 9.17) is 16.7 Å². The summed E-state index contributed by atoms with van der Waals surface area (Å²) >= 11 is 5.85. The third-order valence-electron chi connectivity index (χ3n) is 3.36. The van der Waals surface area contributed by atoms with Gasteiger partial charge in [-0.2, -0.15) is 5.10 Å². The average Bonchev–Trinajstić information content (AvgIpc) is 3.03. The molecule has 0 unspecified atom stereocenters. The van der Waals surface area contributed by atoms with Crippen LogP contribution in [0.2, 0.25) is 5.02 Å². The molecule has 3 rings (SSSR count). The van der Waals surface area contributed by atoms with Gasteiger partial charge in [0, 0.05) is 11.1 Å². The summed E-state index contributed by atoms with van der Waals surface area (Å²) < 4.78 is 0. The van der Waals surface area contributed by atoms with E-state index in [1.807, 2.05) is 30.3 Å². The van der Waals surface area contributed by atoms with Gasteiger partial charge in [-0.1, -0.05) is 41.9 Å². The maximum absolute atomic E-state index is 12.1. The number of halogens is 1. The molecule has 0 aliphatic heterocycles. The van der Waals surface area contributed by atoms with Crippen LogP contribution >= 0.6 is 11.6 Å². The van der Waals surface area contributed by atoms with Crippen LogP contribution < -0.4 is 10.6 Å². The first-order chi connectivity index (χ1) is 12.0. The fourth-order valence-corrected chi connectivity index (χ4v) is 2.40. The van der Waals surface area contributed by atoms with Crippen molar-refractivity contribution >= 4 is 35.1 Å². The number of H-pyrrole nitrogens is 1. The number of carboxylic acids is 1. The molecule has 0 saturated carbocycles. The minimum atomic E-state index is -1.17. The number of carboxylic acid groups (broad SMARTS) is 1. The Kier molecular flexibility index (Phi) is 4.67. The molecule has 7 nitrogen and oxygen atoms in total. The molecule has 126 valence electrons. The Morgan fingerprint density at radius 1 is 1.04 bits per heavy atom. The number of carbonyl (C=O) groups is 2. The average molecular weight is 357 g/mol. The van der Waals surface area contributed by atoms with E-state index < -0.39 is 12.0 Å². The first-order valence-electron chi connectivity index (χ1n) is 7.24. The van der Waals surface area contributed by atoms with Crippen molar-refractivity contribution in [2.45, 2.75) is 0 Å². The van der Waals surface area contributed by atoms with Gasteiger partial charge in [-0.05, 0) is 23.8 Å². The number of aromatic carboxylic acids is 1. The quantitative estimate of drug-likeness (QED) is 0.565. The van der Waals surface area contributed by atoms with Crippen molar-refractivity contribution in [3.8, 4) is 11.3 Å². The van der Waals surface area contributed by atoms with Crippen LogP contribution in [0.15, 0.2) is 54.6 Å². The number of benzene rings is 2. The lowest BCUT2D eigenvalue weighted by Gasteiger charge is -2.09. The van der Waals surface area contributed by atoms with Gasteiger partial charge in [0.1, 0.15) is 0 Å². The van der Waals surface area contributed by atoms with Crippen molar-refractivity contribution in [1.82, 2.24) is 10.2 Å². The largest absolute Gasteiger partial charge is 0.478 e. The summed E-state index contributed by atoms with van der Waals surface area (Å²) in [6.07, 6.45) is 0. The second kappa shape index (κ2) is 7.06. The standard InChI is InChI=1S/C17H13ClN4O3/c18-11-6-7-12(16(23)24)14(8-11)19-17(25)20-15-9-13(21-22-15)10-4-2-1-3-5-10/h1-9H,(H,23,24)(H3,19,20,21,22,25). The lowest BCUT2D eigenvalue weighted by molar-refractivity contribution is 0.0698. The lowest BCUT2D eigenvalue weighted by Crippen LogP contribution is -2.21. The van der Waals surface area contributed by atoms with Gasteiger partial charge in [0.2, 0.25) is 0 Å². The third-order valence-corrected chi connectivity index (χ3v) is 3.60. The molecule has 2 aromatic carbocycles. The number of aromatic nitrogens is 2. The molecular weight excluding hydrogens is 344 g/mol. The van der Waals surface area contributed by atoms with Crippen LogP contribution in [0.5, 0.6) is 0 Å². The van der Waals surface area contributed by atoms with E-state index >= 15 is 0 Å². The van der Waals surface area contributed by atoms with E-state index in [-0.39, 0.29) is 11.3 Å². The molecule has 4 N–H and O–H groups in total. The number of anilines is 2. The normalized spacial score (nSPS) is 10.3. The summed E-state index contributed by atoms with van der Waals surface area (Å²) in [7, 11) is 0. The van der Waals surface area contributed by atoms with Crippen LogP contribution in [-0.2, 0) is 0 Å². The molecule has 0 bridgehead atoms. The van der Waals surface area contributed by atoms with E-state index in [9.17, 15) is 9.59 Å². The Morgan fingerprint density at radius 2 is 1.80 bits per heavy atom. The van der Waals surface area contributed by atoms with Crippen LogP contribution in [0.25, 0.3) is 11.3 Å². The summed E-state index contributed by atoms with van der Waals surface area (Å²) in [6, 6.07) is 14.7. The number of urea groups is 1. The predicted octanol–water partition coefficient (Wildman–Crippen LogP) is 4.07. The number of amides is 2. The van der Waals surface area contributed by atoms with Crippen LogP contribution in [-0.4, -0.2) is 27.3 Å². The molecule has 25 heavy (non-hydrogen) atoms. The van der Waals surface area contributed by atoms with Gasteiger partial charge >= 0.3 is 12.0 Å². The number of carbonyl (C=O) groups excluding carboxylic acids is 1. The smallest absolute Gasteiger partial charge is 0.337 e. The topological polar surface area (TPSA) is 107 Å². The highest BCUT2D eigenvalue weighted by molar-refractivity contribution is 6.31. The first-order valence-corrected chi connectivity index (χ1v) is 7.62. The van der Waals surface area contributed by atoms with Gasteiger partial charge in [-0.15, -0.1) is 0 Å². The Hall–Kier alpha value is -3.32. The van der Waals surface area contributed by atoms with Crippen molar-refractivity contribution < 1.29 is 14.7 Å². The number of hydrogen-bond donors (Lipinski definition) is 4. The van der Waals surface area contributed by atoms with Crippen molar-refractivity contribution in [3.63, 3.8) is 0 Å². The molecular formula is C17H13ClN4O3. The summed E-state index contributed by atoms with van der Waals surface area (Å²) in [5.74, 6) is -0.867. The Morgan fingerprint density at radius 3 is 2.52 bits per heavy atom. The monoisotopic (exact) mass is 356 g/mol. The maximum Gasteiger partial charge on any atom is 0.337 e. The Labute approximate surface area is 147 Å². The minimum Gasteiger partial charge on any atom is -0.478 e. The second-order valence-corrected chi connectivity index (χ2v) is 5.54. The molecule has 3 aromatic rings. The molecule has 0 atom stereocenters. The molecule has 0 fully saturated rings. The van der Waals surface area contributed by atoms with Crippen LogP contribution in [0.1, 0.15) is 10.4 Å². The second-order valence-electron chi connectivity index (χ2n) is 5.11. The van der Waals surface area contributed by atoms with E-state index in [1.165, 1.54) is 18.2 Å². The van der Waals surface area contributed by atoms with Gasteiger partial charge in [0.25, 0.3) is 0 Å². The highest BCUT2D eigenvalue weighted by Gasteiger charge is 2.14. The van der Waals surface area contributed by atoms with Gasteiger partial charge in [-0.25, -0.2) is 9.59 Å². The number of hydrogen-bond acceptors (Lipinski definition) is 3. The van der Waals surface area contributed by atoms with E-state index in [0.29, 0.717) is 10.8 Å². The fourth-order valence-electron chi connectivity index (χ4n) is 2.23. The SMILES string of the molecule is O=C(Nc1cc(-c2ccccc2)[nH]n1)Nc1cc(Cl)ccc1C(=O)O. The minimum absolute atomic E-state index is 0.0634. The zero-order valence-electron chi connectivity index (χ0n) is 12.8. The van der Waals surface area contributed by atoms with Crippen LogP contribution in [0, 0.1) is 0 Å². The van der Waals surface area contributed by atoms with E-state index in [1.54, 1.807) is 6.07 Å². The van der Waals surface area contributed by atoms with Crippen molar-refractivity contribution in [2.75, 3.05) is 10.6 Å². The fraction of sp³-hybridized carbons (Fsp3) is 0. The molecule has 0 aliphatic carbocycles. The predicted molar refractivity (Wildman–Crippen MR) is 95.1 cm³/mol. The van der Waals surface area contributed by atoms with Gasteiger partial charge < -0.3 is 10.4 Å². The summed E-state index contributed by atoms with van der Waals surface area (Å²) in [6.45, 7) is 0. The van der Waals surface area contributed by atoms with Crippen LogP contribution in [0.4, 0.5) is 16.3 Å². The van der Waals surface area contributed by atoms with Crippen LogP contribution in [0.3, 0.4) is 0 Å². The molecule has 8 heteroatoms. The van der Waals surface area contributed by atoms with Crippen molar-refractivity contribution in [1.29, 1.82) is 0 Å². The van der Waals surface area contributed by atoms with E-state index in [0.717, 1.165) is 11.3 Å². The van der Waals surface area contributed by atoms with Gasteiger partial charge in [0.15, 0.2) is 5.82 Å². The third kappa shape index (κ3) is 3.96. The van der Waals surface area contributed by atoms with Gasteiger partial charge in [0.05, 0.1) is 16.9 Å². The highest BCUT2D eigenvalue weighted by Crippen LogP contribution is 2.22. The summed E-state index contributed by atoms with van der Waals surface area (Å²) in [5.41, 5.74) is 1.69. The van der Waals surface area contributed by atoms with Crippen molar-refractivity contribution in [2.24, 2.45) is 0 Å². The molecule has 1 heterocycles. The van der Waals surface area contributed by atoms with Crippen molar-refractivity contribution in [3.05, 3.63) is 65.2 Å². The zero-order valence-corrected chi connectivity index (χ0v) is 13.5. The van der Waals surface area contributed by atoms with E-state index in [2.05, 4.69) is 20.8 Å². The maximum atomic E-state index is 12.1. The lowest BCUT2D eigenvalue weighted by atomic mass is 10.1. The Bertz CT molecular complexity index is 925. The van der Waals surface area contributed by atoms with Gasteiger partial charge in [-0.3, -0.25) is 10.4 Å². The summed E-state index contributed by atoms with van der Waals surface area (Å²) in [5, 5.41) is 21.3. The first kappa shape index (κ1) is 16.5. The zero-order chi connectivity index (χ0) is 17.8. The molecule has 0 aliphatic rings. The number of aromatic amines is 1. The Balaban J connectivity index is 1.73. The molecule has 1 aromatic heterocycles. The number of nitrogens with zero attached hydrogens (tertiary/aromatic N) is 1. The number of rotatable bonds is 4. The molecule has 0 saturated heterocycles. The summed E-state index contributed by atoms with van der Waals surface area (Å²) in [4.78, 5) is 23.3. The molecule has 0 radical (unpaired) electrons. The molecule has 0 spiro atoms.